The average Bonchev–Trinajstić information content (AvgIpc) is 3.48. The van der Waals surface area contributed by atoms with Gasteiger partial charge in [0.25, 0.3) is 0 Å². The van der Waals surface area contributed by atoms with E-state index in [1.54, 1.807) is 24.5 Å². The van der Waals surface area contributed by atoms with Crippen molar-refractivity contribution in [3.05, 3.63) is 114 Å². The molecule has 1 fully saturated rings. The number of aliphatic carboxylic acids is 1. The SMILES string of the molecule is O=C(O)C[C@H](Cc1ccccc1)NC(=O)[C@H](Cc1cccnc1)NC(=O)[C@@H]1CCC2=CC[C@H](NC(=O)Cc3ccccc3)C(=O)N21. The second-order valence-corrected chi connectivity index (χ2v) is 11.6. The number of hydrogen-bond donors (Lipinski definition) is 4. The van der Waals surface area contributed by atoms with Crippen molar-refractivity contribution in [1.82, 2.24) is 25.8 Å². The molecule has 1 aromatic heterocycles. The number of allylic oxidation sites excluding steroid dienone is 1. The summed E-state index contributed by atoms with van der Waals surface area (Å²) in [4.78, 5) is 71.0. The standard InChI is InChI=1S/C35H37N5O6/c41-31(20-24-10-5-2-6-11-24)38-28-15-13-27-14-16-30(40(27)35(28)46)34(45)39-29(19-25-12-7-17-36-22-25)33(44)37-26(21-32(42)43)18-23-8-3-1-4-9-23/h1-13,17,22,26,28-30H,14-16,18-21H2,(H,37,44)(H,38,41)(H,39,45)(H,42,43)/t26-,28-,29-,30-/m0/s1. The molecule has 11 heteroatoms. The quantitative estimate of drug-likeness (QED) is 0.228. The number of aromatic nitrogens is 1. The van der Waals surface area contributed by atoms with Crippen LogP contribution in [0.3, 0.4) is 0 Å². The van der Waals surface area contributed by atoms with Gasteiger partial charge < -0.3 is 26.0 Å². The lowest BCUT2D eigenvalue weighted by atomic mass is 10.0. The summed E-state index contributed by atoms with van der Waals surface area (Å²) in [7, 11) is 0. The lowest BCUT2D eigenvalue weighted by molar-refractivity contribution is -0.141. The maximum atomic E-state index is 13.8. The Morgan fingerprint density at radius 2 is 1.59 bits per heavy atom. The number of fused-ring (bicyclic) bond motifs is 1. The molecule has 4 amide bonds. The van der Waals surface area contributed by atoms with E-state index >= 15 is 0 Å². The van der Waals surface area contributed by atoms with E-state index in [1.807, 2.05) is 66.7 Å². The van der Waals surface area contributed by atoms with Crippen LogP contribution in [0.4, 0.5) is 0 Å². The molecule has 11 nitrogen and oxygen atoms in total. The molecule has 0 bridgehead atoms. The Morgan fingerprint density at radius 3 is 2.26 bits per heavy atom. The summed E-state index contributed by atoms with van der Waals surface area (Å²) in [6.07, 6.45) is 6.51. The molecule has 2 aromatic carbocycles. The lowest BCUT2D eigenvalue weighted by Crippen LogP contribution is -2.58. The molecule has 2 aliphatic rings. The number of amides is 4. The molecule has 3 aromatic rings. The minimum absolute atomic E-state index is 0.109. The Balaban J connectivity index is 1.28. The monoisotopic (exact) mass is 623 g/mol. The first-order chi connectivity index (χ1) is 22.3. The molecule has 4 N–H and O–H groups in total. The smallest absolute Gasteiger partial charge is 0.305 e. The molecule has 0 saturated carbocycles. The molecule has 4 atom stereocenters. The van der Waals surface area contributed by atoms with Crippen molar-refractivity contribution in [3.8, 4) is 0 Å². The average molecular weight is 624 g/mol. The first kappa shape index (κ1) is 32.1. The minimum Gasteiger partial charge on any atom is -0.481 e. The molecular weight excluding hydrogens is 586 g/mol. The number of hydrogen-bond acceptors (Lipinski definition) is 6. The van der Waals surface area contributed by atoms with Gasteiger partial charge in [0, 0.05) is 30.6 Å². The highest BCUT2D eigenvalue weighted by Crippen LogP contribution is 2.32. The number of pyridine rings is 1. The highest BCUT2D eigenvalue weighted by Gasteiger charge is 2.43. The maximum Gasteiger partial charge on any atom is 0.305 e. The van der Waals surface area contributed by atoms with E-state index in [1.165, 1.54) is 4.90 Å². The highest BCUT2D eigenvalue weighted by molar-refractivity contribution is 5.96. The Hall–Kier alpha value is -5.32. The first-order valence-corrected chi connectivity index (χ1v) is 15.4. The van der Waals surface area contributed by atoms with Gasteiger partial charge in [-0.1, -0.05) is 72.8 Å². The van der Waals surface area contributed by atoms with Crippen molar-refractivity contribution in [2.75, 3.05) is 0 Å². The van der Waals surface area contributed by atoms with Gasteiger partial charge in [-0.2, -0.15) is 0 Å². The molecule has 1 saturated heterocycles. The number of carbonyl (C=O) groups is 5. The van der Waals surface area contributed by atoms with Crippen LogP contribution in [0.15, 0.2) is 97.0 Å². The van der Waals surface area contributed by atoms with Crippen molar-refractivity contribution in [3.63, 3.8) is 0 Å². The van der Waals surface area contributed by atoms with E-state index in [-0.39, 0.29) is 31.1 Å². The van der Waals surface area contributed by atoms with Gasteiger partial charge in [0.2, 0.25) is 23.6 Å². The zero-order chi connectivity index (χ0) is 32.5. The van der Waals surface area contributed by atoms with Crippen LogP contribution in [-0.4, -0.2) is 68.8 Å². The second-order valence-electron chi connectivity index (χ2n) is 11.6. The van der Waals surface area contributed by atoms with Gasteiger partial charge in [-0.05, 0) is 48.4 Å². The number of nitrogens with zero attached hydrogens (tertiary/aromatic N) is 2. The normalized spacial score (nSPS) is 18.5. The zero-order valence-electron chi connectivity index (χ0n) is 25.3. The fraction of sp³-hybridized carbons (Fsp3) is 0.314. The Bertz CT molecular complexity index is 1580. The summed E-state index contributed by atoms with van der Waals surface area (Å²) in [5.74, 6) is -2.76. The Morgan fingerprint density at radius 1 is 0.891 bits per heavy atom. The number of nitrogens with one attached hydrogen (secondary N) is 3. The number of benzene rings is 2. The van der Waals surface area contributed by atoms with Crippen LogP contribution in [0, 0.1) is 0 Å². The summed E-state index contributed by atoms with van der Waals surface area (Å²) < 4.78 is 0. The second kappa shape index (κ2) is 15.1. The number of carboxylic acid groups (broad SMARTS) is 1. The largest absolute Gasteiger partial charge is 0.481 e. The van der Waals surface area contributed by atoms with Gasteiger partial charge in [0.1, 0.15) is 18.1 Å². The molecule has 0 aliphatic carbocycles. The zero-order valence-corrected chi connectivity index (χ0v) is 25.3. The molecule has 0 radical (unpaired) electrons. The Labute approximate surface area is 267 Å². The third-order valence-electron chi connectivity index (χ3n) is 8.15. The van der Waals surface area contributed by atoms with Gasteiger partial charge in [0.15, 0.2) is 0 Å². The number of carbonyl (C=O) groups excluding carboxylic acids is 4. The van der Waals surface area contributed by atoms with Crippen molar-refractivity contribution >= 4 is 29.6 Å². The van der Waals surface area contributed by atoms with Crippen LogP contribution in [0.25, 0.3) is 0 Å². The summed E-state index contributed by atoms with van der Waals surface area (Å²) in [5, 5.41) is 18.0. The topological polar surface area (TPSA) is 158 Å². The fourth-order valence-electron chi connectivity index (χ4n) is 5.97. The van der Waals surface area contributed by atoms with E-state index in [9.17, 15) is 29.1 Å². The van der Waals surface area contributed by atoms with E-state index < -0.39 is 42.0 Å². The summed E-state index contributed by atoms with van der Waals surface area (Å²) in [6.45, 7) is 0. The van der Waals surface area contributed by atoms with E-state index in [0.717, 1.165) is 16.8 Å². The van der Waals surface area contributed by atoms with Crippen LogP contribution < -0.4 is 16.0 Å². The van der Waals surface area contributed by atoms with Gasteiger partial charge >= 0.3 is 5.97 Å². The Kier molecular flexibility index (Phi) is 10.5. The fourth-order valence-corrected chi connectivity index (χ4v) is 5.97. The molecule has 46 heavy (non-hydrogen) atoms. The molecule has 0 unspecified atom stereocenters. The van der Waals surface area contributed by atoms with E-state index in [0.29, 0.717) is 31.2 Å². The van der Waals surface area contributed by atoms with Crippen molar-refractivity contribution in [2.24, 2.45) is 0 Å². The molecule has 0 spiro atoms. The molecule has 3 heterocycles. The van der Waals surface area contributed by atoms with E-state index in [2.05, 4.69) is 20.9 Å². The van der Waals surface area contributed by atoms with Gasteiger partial charge in [-0.3, -0.25) is 29.0 Å². The third-order valence-corrected chi connectivity index (χ3v) is 8.15. The minimum atomic E-state index is -1.06. The molecule has 2 aliphatic heterocycles. The van der Waals surface area contributed by atoms with Crippen LogP contribution in [0.2, 0.25) is 0 Å². The van der Waals surface area contributed by atoms with Gasteiger partial charge in [0.05, 0.1) is 12.8 Å². The molecule has 238 valence electrons. The summed E-state index contributed by atoms with van der Waals surface area (Å²) in [5.41, 5.74) is 3.10. The van der Waals surface area contributed by atoms with Crippen LogP contribution >= 0.6 is 0 Å². The number of rotatable bonds is 13. The third kappa shape index (κ3) is 8.44. The van der Waals surface area contributed by atoms with Crippen molar-refractivity contribution < 1.29 is 29.1 Å². The van der Waals surface area contributed by atoms with Crippen molar-refractivity contribution in [2.45, 2.75) is 69.1 Å². The van der Waals surface area contributed by atoms with Crippen LogP contribution in [0.5, 0.6) is 0 Å². The van der Waals surface area contributed by atoms with Gasteiger partial charge in [-0.25, -0.2) is 0 Å². The first-order valence-electron chi connectivity index (χ1n) is 15.4. The van der Waals surface area contributed by atoms with Crippen molar-refractivity contribution in [1.29, 1.82) is 0 Å². The van der Waals surface area contributed by atoms with Gasteiger partial charge in [-0.15, -0.1) is 0 Å². The molecular formula is C35H37N5O6. The summed E-state index contributed by atoms with van der Waals surface area (Å²) in [6, 6.07) is 18.5. The predicted octanol–water partition coefficient (Wildman–Crippen LogP) is 2.32. The molecule has 5 rings (SSSR count). The number of carboxylic acids is 1. The predicted molar refractivity (Wildman–Crippen MR) is 169 cm³/mol. The van der Waals surface area contributed by atoms with Crippen LogP contribution in [-0.2, 0) is 43.2 Å². The van der Waals surface area contributed by atoms with E-state index in [4.69, 9.17) is 0 Å². The summed E-state index contributed by atoms with van der Waals surface area (Å²) >= 11 is 0. The lowest BCUT2D eigenvalue weighted by Gasteiger charge is -2.33. The maximum absolute atomic E-state index is 13.8. The van der Waals surface area contributed by atoms with Crippen LogP contribution in [0.1, 0.15) is 42.4 Å². The highest BCUT2D eigenvalue weighted by atomic mass is 16.4.